The van der Waals surface area contributed by atoms with E-state index in [-0.39, 0.29) is 24.5 Å². The van der Waals surface area contributed by atoms with E-state index in [9.17, 15) is 4.79 Å². The molecule has 0 saturated carbocycles. The molecule has 0 fully saturated rings. The average Bonchev–Trinajstić information content (AvgIpc) is 2.60. The lowest BCUT2D eigenvalue weighted by molar-refractivity contribution is -0.125. The Morgan fingerprint density at radius 3 is 2.26 bits per heavy atom. The number of benzene rings is 2. The van der Waals surface area contributed by atoms with E-state index in [1.807, 2.05) is 67.6 Å². The molecule has 0 saturated heterocycles. The molecule has 0 spiro atoms. The fourth-order valence-corrected chi connectivity index (χ4v) is 2.68. The van der Waals surface area contributed by atoms with Crippen molar-refractivity contribution in [3.05, 3.63) is 71.8 Å². The zero-order valence-electron chi connectivity index (χ0n) is 13.6. The summed E-state index contributed by atoms with van der Waals surface area (Å²) in [6.07, 6.45) is 2.14. The predicted molar refractivity (Wildman–Crippen MR) is 93.0 cm³/mol. The molecule has 1 amide bonds. The third-order valence-corrected chi connectivity index (χ3v) is 4.00. The van der Waals surface area contributed by atoms with Gasteiger partial charge in [0.2, 0.25) is 5.91 Å². The zero-order chi connectivity index (χ0) is 16.5. The molecule has 0 heterocycles. The third kappa shape index (κ3) is 5.53. The van der Waals surface area contributed by atoms with Crippen molar-refractivity contribution in [1.82, 2.24) is 5.32 Å². The monoisotopic (exact) mass is 311 g/mol. The number of hydrogen-bond acceptors (Lipinski definition) is 2. The Bertz CT molecular complexity index is 583. The molecular weight excluding hydrogens is 286 g/mol. The van der Waals surface area contributed by atoms with Gasteiger partial charge < -0.3 is 10.4 Å². The van der Waals surface area contributed by atoms with E-state index < -0.39 is 0 Å². The van der Waals surface area contributed by atoms with Gasteiger partial charge in [-0.3, -0.25) is 4.79 Å². The van der Waals surface area contributed by atoms with Gasteiger partial charge in [0, 0.05) is 12.5 Å². The van der Waals surface area contributed by atoms with Crippen LogP contribution in [0.25, 0.3) is 0 Å². The van der Waals surface area contributed by atoms with Crippen LogP contribution in [0.1, 0.15) is 36.9 Å². The Morgan fingerprint density at radius 1 is 1.04 bits per heavy atom. The Morgan fingerprint density at radius 2 is 1.65 bits per heavy atom. The van der Waals surface area contributed by atoms with Gasteiger partial charge in [-0.1, -0.05) is 67.6 Å². The normalized spacial score (nSPS) is 13.3. The maximum Gasteiger partial charge on any atom is 0.223 e. The van der Waals surface area contributed by atoms with Crippen molar-refractivity contribution < 1.29 is 9.90 Å². The lowest BCUT2D eigenvalue weighted by Crippen LogP contribution is -2.34. The minimum Gasteiger partial charge on any atom is -0.396 e. The van der Waals surface area contributed by atoms with Gasteiger partial charge in [0.15, 0.2) is 0 Å². The van der Waals surface area contributed by atoms with Gasteiger partial charge in [0.05, 0.1) is 6.04 Å². The molecule has 122 valence electrons. The molecule has 2 aromatic rings. The fourth-order valence-electron chi connectivity index (χ4n) is 2.68. The number of carbonyl (C=O) groups is 1. The second kappa shape index (κ2) is 9.11. The number of rotatable bonds is 8. The second-order valence-electron chi connectivity index (χ2n) is 5.93. The van der Waals surface area contributed by atoms with Gasteiger partial charge >= 0.3 is 0 Å². The Kier molecular flexibility index (Phi) is 6.82. The van der Waals surface area contributed by atoms with Crippen LogP contribution in [-0.4, -0.2) is 17.6 Å². The SMILES string of the molecule is CC(Cc1ccccc1)C(=O)NC(CCCO)c1ccccc1. The second-order valence-corrected chi connectivity index (χ2v) is 5.93. The first-order chi connectivity index (χ1) is 11.2. The summed E-state index contributed by atoms with van der Waals surface area (Å²) in [5.74, 6) is -0.0293. The summed E-state index contributed by atoms with van der Waals surface area (Å²) in [5, 5.41) is 12.2. The largest absolute Gasteiger partial charge is 0.396 e. The third-order valence-electron chi connectivity index (χ3n) is 4.00. The molecule has 2 rings (SSSR count). The lowest BCUT2D eigenvalue weighted by atomic mass is 9.98. The Hall–Kier alpha value is -2.13. The van der Waals surface area contributed by atoms with E-state index in [0.717, 1.165) is 18.4 Å². The van der Waals surface area contributed by atoms with E-state index in [0.29, 0.717) is 6.42 Å². The first kappa shape index (κ1) is 17.2. The first-order valence-corrected chi connectivity index (χ1v) is 8.21. The van der Waals surface area contributed by atoms with Crippen LogP contribution < -0.4 is 5.32 Å². The maximum absolute atomic E-state index is 12.5. The average molecular weight is 311 g/mol. The smallest absolute Gasteiger partial charge is 0.223 e. The van der Waals surface area contributed by atoms with Crippen LogP contribution in [0.5, 0.6) is 0 Å². The molecule has 0 aromatic heterocycles. The molecule has 23 heavy (non-hydrogen) atoms. The van der Waals surface area contributed by atoms with Crippen LogP contribution in [0.3, 0.4) is 0 Å². The summed E-state index contributed by atoms with van der Waals surface area (Å²) >= 11 is 0. The standard InChI is InChI=1S/C20H25NO2/c1-16(15-17-9-4-2-5-10-17)20(23)21-19(13-8-14-22)18-11-6-3-7-12-18/h2-7,9-12,16,19,22H,8,13-15H2,1H3,(H,21,23). The van der Waals surface area contributed by atoms with Gasteiger partial charge in [-0.2, -0.15) is 0 Å². The van der Waals surface area contributed by atoms with Crippen LogP contribution in [0.4, 0.5) is 0 Å². The van der Waals surface area contributed by atoms with Gasteiger partial charge in [-0.05, 0) is 30.4 Å². The highest BCUT2D eigenvalue weighted by Crippen LogP contribution is 2.19. The highest BCUT2D eigenvalue weighted by Gasteiger charge is 2.19. The molecule has 0 aliphatic heterocycles. The van der Waals surface area contributed by atoms with Gasteiger partial charge in [-0.25, -0.2) is 0 Å². The van der Waals surface area contributed by atoms with Crippen molar-refractivity contribution in [3.63, 3.8) is 0 Å². The summed E-state index contributed by atoms with van der Waals surface area (Å²) in [6.45, 7) is 2.09. The number of aliphatic hydroxyl groups excluding tert-OH is 1. The summed E-state index contributed by atoms with van der Waals surface area (Å²) < 4.78 is 0. The Balaban J connectivity index is 1.99. The molecule has 0 aliphatic rings. The fraction of sp³-hybridized carbons (Fsp3) is 0.350. The number of nitrogens with one attached hydrogen (secondary N) is 1. The molecule has 0 aliphatic carbocycles. The molecule has 0 radical (unpaired) electrons. The minimum absolute atomic E-state index is 0.0472. The van der Waals surface area contributed by atoms with E-state index in [4.69, 9.17) is 5.11 Å². The molecule has 0 bridgehead atoms. The van der Waals surface area contributed by atoms with E-state index >= 15 is 0 Å². The van der Waals surface area contributed by atoms with Crippen LogP contribution in [0.15, 0.2) is 60.7 Å². The minimum atomic E-state index is -0.0854. The highest BCUT2D eigenvalue weighted by molar-refractivity contribution is 5.79. The van der Waals surface area contributed by atoms with E-state index in [1.54, 1.807) is 0 Å². The van der Waals surface area contributed by atoms with E-state index in [2.05, 4.69) is 5.32 Å². The highest BCUT2D eigenvalue weighted by atomic mass is 16.3. The predicted octanol–water partition coefficient (Wildman–Crippen LogP) is 3.50. The van der Waals surface area contributed by atoms with Crippen LogP contribution >= 0.6 is 0 Å². The number of aliphatic hydroxyl groups is 1. The van der Waals surface area contributed by atoms with Crippen molar-refractivity contribution in [2.45, 2.75) is 32.2 Å². The zero-order valence-corrected chi connectivity index (χ0v) is 13.6. The maximum atomic E-state index is 12.5. The van der Waals surface area contributed by atoms with Crippen LogP contribution in [0.2, 0.25) is 0 Å². The molecule has 2 aromatic carbocycles. The van der Waals surface area contributed by atoms with Crippen molar-refractivity contribution in [1.29, 1.82) is 0 Å². The van der Waals surface area contributed by atoms with Gasteiger partial charge in [-0.15, -0.1) is 0 Å². The number of hydrogen-bond donors (Lipinski definition) is 2. The summed E-state index contributed by atoms with van der Waals surface area (Å²) in [4.78, 5) is 12.5. The summed E-state index contributed by atoms with van der Waals surface area (Å²) in [6, 6.07) is 20.0. The summed E-state index contributed by atoms with van der Waals surface area (Å²) in [7, 11) is 0. The van der Waals surface area contributed by atoms with Crippen LogP contribution in [0, 0.1) is 5.92 Å². The van der Waals surface area contributed by atoms with Gasteiger partial charge in [0.1, 0.15) is 0 Å². The topological polar surface area (TPSA) is 49.3 Å². The Labute approximate surface area is 138 Å². The van der Waals surface area contributed by atoms with Crippen molar-refractivity contribution in [3.8, 4) is 0 Å². The molecule has 2 atom stereocenters. The molecule has 3 heteroatoms. The summed E-state index contributed by atoms with van der Waals surface area (Å²) in [5.41, 5.74) is 2.25. The van der Waals surface area contributed by atoms with Crippen molar-refractivity contribution in [2.24, 2.45) is 5.92 Å². The molecule has 3 nitrogen and oxygen atoms in total. The number of carbonyl (C=O) groups excluding carboxylic acids is 1. The first-order valence-electron chi connectivity index (χ1n) is 8.21. The number of amides is 1. The molecular formula is C20H25NO2. The van der Waals surface area contributed by atoms with Crippen molar-refractivity contribution in [2.75, 3.05) is 6.61 Å². The lowest BCUT2D eigenvalue weighted by Gasteiger charge is -2.21. The van der Waals surface area contributed by atoms with E-state index in [1.165, 1.54) is 5.56 Å². The quantitative estimate of drug-likeness (QED) is 0.784. The van der Waals surface area contributed by atoms with Gasteiger partial charge in [0.25, 0.3) is 0 Å². The molecule has 2 N–H and O–H groups in total. The molecule has 2 unspecified atom stereocenters. The van der Waals surface area contributed by atoms with Crippen molar-refractivity contribution >= 4 is 5.91 Å². The van der Waals surface area contributed by atoms with Crippen LogP contribution in [-0.2, 0) is 11.2 Å².